The van der Waals surface area contributed by atoms with Crippen LogP contribution < -0.4 is 6.15 Å². The van der Waals surface area contributed by atoms with Gasteiger partial charge in [-0.15, -0.1) is 0 Å². The highest BCUT2D eigenvalue weighted by Crippen LogP contribution is 2.38. The predicted molar refractivity (Wildman–Crippen MR) is 79.5 cm³/mol. The van der Waals surface area contributed by atoms with Crippen LogP contribution in [-0.2, 0) is 0 Å². The Morgan fingerprint density at radius 2 is 1.61 bits per heavy atom. The lowest BCUT2D eigenvalue weighted by molar-refractivity contribution is 0.444. The second-order valence-corrected chi connectivity index (χ2v) is 5.35. The molecule has 0 saturated heterocycles. The SMILES string of the molecule is Cc1ccc2ccccc2c1C1CCCCC1.N. The van der Waals surface area contributed by atoms with E-state index in [1.54, 1.807) is 5.56 Å². The van der Waals surface area contributed by atoms with Crippen molar-refractivity contribution in [1.82, 2.24) is 6.15 Å². The van der Waals surface area contributed by atoms with E-state index in [0.717, 1.165) is 5.92 Å². The minimum atomic E-state index is 0. The van der Waals surface area contributed by atoms with Gasteiger partial charge in [0.2, 0.25) is 0 Å². The van der Waals surface area contributed by atoms with Gasteiger partial charge in [0.1, 0.15) is 0 Å². The molecule has 0 radical (unpaired) electrons. The van der Waals surface area contributed by atoms with Crippen molar-refractivity contribution in [3.05, 3.63) is 47.5 Å². The first kappa shape index (κ1) is 13.1. The summed E-state index contributed by atoms with van der Waals surface area (Å²) in [7, 11) is 0. The van der Waals surface area contributed by atoms with Crippen molar-refractivity contribution in [2.45, 2.75) is 44.9 Å². The highest BCUT2D eigenvalue weighted by atomic mass is 14.2. The van der Waals surface area contributed by atoms with Crippen LogP contribution in [0, 0.1) is 6.92 Å². The minimum Gasteiger partial charge on any atom is -0.344 e. The van der Waals surface area contributed by atoms with E-state index in [1.165, 1.54) is 48.4 Å². The first-order valence-corrected chi connectivity index (χ1v) is 6.84. The molecule has 0 amide bonds. The van der Waals surface area contributed by atoms with Crippen LogP contribution >= 0.6 is 0 Å². The molecule has 0 spiro atoms. The van der Waals surface area contributed by atoms with Crippen LogP contribution in [0.5, 0.6) is 0 Å². The van der Waals surface area contributed by atoms with Gasteiger partial charge >= 0.3 is 0 Å². The van der Waals surface area contributed by atoms with Crippen molar-refractivity contribution in [1.29, 1.82) is 0 Å². The van der Waals surface area contributed by atoms with E-state index >= 15 is 0 Å². The Morgan fingerprint density at radius 3 is 2.39 bits per heavy atom. The van der Waals surface area contributed by atoms with Crippen LogP contribution in [0.3, 0.4) is 0 Å². The predicted octanol–water partition coefficient (Wildman–Crippen LogP) is 5.36. The maximum absolute atomic E-state index is 2.30. The van der Waals surface area contributed by atoms with Crippen molar-refractivity contribution < 1.29 is 0 Å². The zero-order valence-corrected chi connectivity index (χ0v) is 11.3. The van der Waals surface area contributed by atoms with E-state index in [1.807, 2.05) is 0 Å². The van der Waals surface area contributed by atoms with Crippen molar-refractivity contribution in [2.24, 2.45) is 0 Å². The topological polar surface area (TPSA) is 35.0 Å². The number of benzene rings is 2. The number of aryl methyl sites for hydroxylation is 1. The van der Waals surface area contributed by atoms with E-state index in [9.17, 15) is 0 Å². The minimum absolute atomic E-state index is 0. The molecule has 3 N–H and O–H groups in total. The highest BCUT2D eigenvalue weighted by Gasteiger charge is 2.19. The second kappa shape index (κ2) is 5.53. The Kier molecular flexibility index (Phi) is 4.03. The molecule has 1 aliphatic carbocycles. The summed E-state index contributed by atoms with van der Waals surface area (Å²) in [6.07, 6.45) is 7.02. The highest BCUT2D eigenvalue weighted by molar-refractivity contribution is 5.87. The third-order valence-electron chi connectivity index (χ3n) is 4.20. The van der Waals surface area contributed by atoms with Crippen LogP contribution in [0.2, 0.25) is 0 Å². The van der Waals surface area contributed by atoms with Gasteiger partial charge in [0, 0.05) is 0 Å². The van der Waals surface area contributed by atoms with Crippen molar-refractivity contribution in [3.8, 4) is 0 Å². The molecule has 96 valence electrons. The van der Waals surface area contributed by atoms with Gasteiger partial charge in [0.15, 0.2) is 0 Å². The summed E-state index contributed by atoms with van der Waals surface area (Å²) in [5.74, 6) is 0.801. The zero-order chi connectivity index (χ0) is 11.7. The third-order valence-corrected chi connectivity index (χ3v) is 4.20. The molecular formula is C17H23N. The van der Waals surface area contributed by atoms with E-state index in [-0.39, 0.29) is 6.15 Å². The van der Waals surface area contributed by atoms with Crippen molar-refractivity contribution in [2.75, 3.05) is 0 Å². The Bertz CT molecular complexity index is 524. The normalized spacial score (nSPS) is 16.5. The fourth-order valence-electron chi connectivity index (χ4n) is 3.34. The summed E-state index contributed by atoms with van der Waals surface area (Å²) in [6, 6.07) is 13.4. The fraction of sp³-hybridized carbons (Fsp3) is 0.412. The molecule has 1 nitrogen and oxygen atoms in total. The molecule has 1 aliphatic rings. The summed E-state index contributed by atoms with van der Waals surface area (Å²) in [6.45, 7) is 2.27. The van der Waals surface area contributed by atoms with E-state index < -0.39 is 0 Å². The summed E-state index contributed by atoms with van der Waals surface area (Å²) in [4.78, 5) is 0. The van der Waals surface area contributed by atoms with Gasteiger partial charge in [-0.1, -0.05) is 55.7 Å². The molecule has 2 aromatic rings. The van der Waals surface area contributed by atoms with Gasteiger partial charge in [-0.2, -0.15) is 0 Å². The Hall–Kier alpha value is -1.34. The molecule has 0 heterocycles. The second-order valence-electron chi connectivity index (χ2n) is 5.35. The molecule has 0 aromatic heterocycles. The summed E-state index contributed by atoms with van der Waals surface area (Å²) >= 11 is 0. The lowest BCUT2D eigenvalue weighted by atomic mass is 9.80. The van der Waals surface area contributed by atoms with Gasteiger partial charge in [-0.05, 0) is 47.6 Å². The van der Waals surface area contributed by atoms with Gasteiger partial charge in [-0.25, -0.2) is 0 Å². The van der Waals surface area contributed by atoms with Crippen molar-refractivity contribution >= 4 is 10.8 Å². The van der Waals surface area contributed by atoms with Crippen LogP contribution in [-0.4, -0.2) is 0 Å². The van der Waals surface area contributed by atoms with Gasteiger partial charge in [0.05, 0.1) is 0 Å². The summed E-state index contributed by atoms with van der Waals surface area (Å²) in [5.41, 5.74) is 3.11. The molecule has 3 rings (SSSR count). The Balaban J connectivity index is 0.00000120. The largest absolute Gasteiger partial charge is 0.344 e. The van der Waals surface area contributed by atoms with Gasteiger partial charge < -0.3 is 6.15 Å². The van der Waals surface area contributed by atoms with Gasteiger partial charge in [0.25, 0.3) is 0 Å². The number of fused-ring (bicyclic) bond motifs is 1. The van der Waals surface area contributed by atoms with E-state index in [0.29, 0.717) is 0 Å². The van der Waals surface area contributed by atoms with Crippen LogP contribution in [0.25, 0.3) is 10.8 Å². The van der Waals surface area contributed by atoms with Gasteiger partial charge in [-0.3, -0.25) is 0 Å². The average molecular weight is 241 g/mol. The molecule has 0 atom stereocenters. The summed E-state index contributed by atoms with van der Waals surface area (Å²) < 4.78 is 0. The molecule has 18 heavy (non-hydrogen) atoms. The molecule has 0 aliphatic heterocycles. The Morgan fingerprint density at radius 1 is 0.889 bits per heavy atom. The first-order valence-electron chi connectivity index (χ1n) is 6.84. The molecule has 2 aromatic carbocycles. The zero-order valence-electron chi connectivity index (χ0n) is 11.3. The monoisotopic (exact) mass is 241 g/mol. The van der Waals surface area contributed by atoms with Crippen LogP contribution in [0.4, 0.5) is 0 Å². The Labute approximate surface area is 110 Å². The van der Waals surface area contributed by atoms with Crippen LogP contribution in [0.15, 0.2) is 36.4 Å². The number of rotatable bonds is 1. The number of hydrogen-bond acceptors (Lipinski definition) is 1. The first-order chi connectivity index (χ1) is 8.36. The lowest BCUT2D eigenvalue weighted by Crippen LogP contribution is -2.06. The van der Waals surface area contributed by atoms with Crippen LogP contribution in [0.1, 0.15) is 49.1 Å². The quantitative estimate of drug-likeness (QED) is 0.716. The van der Waals surface area contributed by atoms with E-state index in [4.69, 9.17) is 0 Å². The maximum atomic E-state index is 2.30. The molecule has 0 unspecified atom stereocenters. The molecule has 1 fully saturated rings. The maximum Gasteiger partial charge on any atom is -0.0146 e. The third kappa shape index (κ3) is 2.28. The fourth-order valence-corrected chi connectivity index (χ4v) is 3.34. The molecule has 0 bridgehead atoms. The number of hydrogen-bond donors (Lipinski definition) is 1. The standard InChI is InChI=1S/C17H20.H3N/c1-13-11-12-14-7-5-6-10-16(14)17(13)15-8-3-2-4-9-15;/h5-7,10-12,15H,2-4,8-9H2,1H3;1H3. The smallest absolute Gasteiger partial charge is 0.0146 e. The summed E-state index contributed by atoms with van der Waals surface area (Å²) in [5, 5.41) is 2.89. The molecule has 1 saturated carbocycles. The van der Waals surface area contributed by atoms with Crippen molar-refractivity contribution in [3.63, 3.8) is 0 Å². The lowest BCUT2D eigenvalue weighted by Gasteiger charge is -2.25. The molecule has 1 heteroatoms. The van der Waals surface area contributed by atoms with E-state index in [2.05, 4.69) is 43.3 Å². The molecular weight excluding hydrogens is 218 g/mol. The average Bonchev–Trinajstić information content (AvgIpc) is 2.39.